The molecule has 2 N–H and O–H groups in total. The minimum Gasteiger partial charge on any atom is -0.497 e. The Balaban J connectivity index is 1.49. The van der Waals surface area contributed by atoms with Gasteiger partial charge in [0.05, 0.1) is 19.9 Å². The largest absolute Gasteiger partial charge is 0.497 e. The van der Waals surface area contributed by atoms with Crippen molar-refractivity contribution in [1.82, 2.24) is 4.90 Å². The zero-order valence-electron chi connectivity index (χ0n) is 20.9. The minimum absolute atomic E-state index is 0.273. The van der Waals surface area contributed by atoms with Gasteiger partial charge in [-0.1, -0.05) is 6.07 Å². The minimum atomic E-state index is -0.329. The van der Waals surface area contributed by atoms with Gasteiger partial charge in [-0.15, -0.1) is 0 Å². The molecule has 0 bridgehead atoms. The van der Waals surface area contributed by atoms with Crippen LogP contribution in [0.15, 0.2) is 66.7 Å². The number of carbonyl (C=O) groups excluding carboxylic acids is 2. The molecule has 3 aromatic carbocycles. The quantitative estimate of drug-likeness (QED) is 0.515. The van der Waals surface area contributed by atoms with E-state index in [0.717, 1.165) is 38.3 Å². The van der Waals surface area contributed by atoms with Gasteiger partial charge in [0.15, 0.2) is 0 Å². The number of nitrogens with zero attached hydrogens (tertiary/aromatic N) is 2. The number of amides is 2. The Morgan fingerprint density at radius 1 is 0.750 bits per heavy atom. The van der Waals surface area contributed by atoms with Crippen molar-refractivity contribution >= 4 is 28.9 Å². The Kier molecular flexibility index (Phi) is 8.07. The zero-order valence-corrected chi connectivity index (χ0v) is 20.9. The molecule has 1 saturated heterocycles. The highest BCUT2D eigenvalue weighted by Crippen LogP contribution is 2.33. The molecule has 0 radical (unpaired) electrons. The molecule has 188 valence electrons. The van der Waals surface area contributed by atoms with Gasteiger partial charge in [0.2, 0.25) is 0 Å². The molecule has 0 aromatic heterocycles. The molecule has 0 aliphatic carbocycles. The van der Waals surface area contributed by atoms with E-state index in [1.165, 1.54) is 7.11 Å². The highest BCUT2D eigenvalue weighted by Gasteiger charge is 2.17. The summed E-state index contributed by atoms with van der Waals surface area (Å²) in [4.78, 5) is 30.7. The summed E-state index contributed by atoms with van der Waals surface area (Å²) in [6.45, 7) is 4.07. The van der Waals surface area contributed by atoms with Crippen molar-refractivity contribution in [3.05, 3.63) is 77.9 Å². The summed E-state index contributed by atoms with van der Waals surface area (Å²) in [5, 5.41) is 5.79. The van der Waals surface area contributed by atoms with Gasteiger partial charge in [0.25, 0.3) is 11.8 Å². The number of rotatable bonds is 7. The summed E-state index contributed by atoms with van der Waals surface area (Å²) in [7, 11) is 5.23. The van der Waals surface area contributed by atoms with Crippen molar-refractivity contribution < 1.29 is 19.1 Å². The second-order valence-electron chi connectivity index (χ2n) is 8.71. The summed E-state index contributed by atoms with van der Waals surface area (Å²) in [5.41, 5.74) is 2.92. The van der Waals surface area contributed by atoms with Crippen LogP contribution in [0.1, 0.15) is 27.1 Å². The van der Waals surface area contributed by atoms with E-state index in [2.05, 4.69) is 27.5 Å². The van der Waals surface area contributed by atoms with Gasteiger partial charge in [-0.2, -0.15) is 0 Å². The highest BCUT2D eigenvalue weighted by atomic mass is 16.5. The maximum absolute atomic E-state index is 13.1. The van der Waals surface area contributed by atoms with E-state index in [9.17, 15) is 9.59 Å². The van der Waals surface area contributed by atoms with Gasteiger partial charge in [0.1, 0.15) is 17.2 Å². The summed E-state index contributed by atoms with van der Waals surface area (Å²) in [6.07, 6.45) is 1.11. The topological polar surface area (TPSA) is 83.1 Å². The molecule has 1 aliphatic heterocycles. The maximum atomic E-state index is 13.1. The summed E-state index contributed by atoms with van der Waals surface area (Å²) in [5.74, 6) is 0.498. The lowest BCUT2D eigenvalue weighted by Crippen LogP contribution is -2.28. The number of para-hydroxylation sites is 1. The Morgan fingerprint density at radius 2 is 1.42 bits per heavy atom. The van der Waals surface area contributed by atoms with E-state index in [-0.39, 0.29) is 11.8 Å². The van der Waals surface area contributed by atoms with Crippen molar-refractivity contribution in [1.29, 1.82) is 0 Å². The van der Waals surface area contributed by atoms with E-state index in [1.807, 2.05) is 24.3 Å². The predicted octanol–water partition coefficient (Wildman–Crippen LogP) is 4.35. The van der Waals surface area contributed by atoms with Crippen LogP contribution < -0.4 is 25.0 Å². The third kappa shape index (κ3) is 5.95. The molecule has 0 unspecified atom stereocenters. The molecule has 0 atom stereocenters. The van der Waals surface area contributed by atoms with Crippen LogP contribution in [0.2, 0.25) is 0 Å². The molecule has 2 amide bonds. The maximum Gasteiger partial charge on any atom is 0.255 e. The fourth-order valence-corrected chi connectivity index (χ4v) is 4.19. The first-order valence-corrected chi connectivity index (χ1v) is 12.0. The van der Waals surface area contributed by atoms with Crippen LogP contribution in [0.25, 0.3) is 0 Å². The first kappa shape index (κ1) is 25.1. The lowest BCUT2D eigenvalue weighted by molar-refractivity contribution is 0.101. The summed E-state index contributed by atoms with van der Waals surface area (Å²) >= 11 is 0. The molecule has 1 heterocycles. The number of carbonyl (C=O) groups is 2. The van der Waals surface area contributed by atoms with E-state index in [1.54, 1.807) is 49.6 Å². The Labute approximate surface area is 211 Å². The van der Waals surface area contributed by atoms with Gasteiger partial charge in [0, 0.05) is 36.4 Å². The van der Waals surface area contributed by atoms with Gasteiger partial charge >= 0.3 is 0 Å². The molecule has 1 fully saturated rings. The lowest BCUT2D eigenvalue weighted by Gasteiger charge is -2.23. The van der Waals surface area contributed by atoms with Crippen LogP contribution in [0.5, 0.6) is 11.5 Å². The van der Waals surface area contributed by atoms with Crippen LogP contribution in [-0.4, -0.2) is 64.2 Å². The molecule has 36 heavy (non-hydrogen) atoms. The number of likely N-dealkylation sites (N-methyl/N-ethyl adjacent to an activating group) is 1. The van der Waals surface area contributed by atoms with Crippen molar-refractivity contribution in [3.8, 4) is 11.5 Å². The first-order chi connectivity index (χ1) is 17.5. The van der Waals surface area contributed by atoms with Crippen molar-refractivity contribution in [2.75, 3.05) is 63.0 Å². The number of hydrogen-bond donors (Lipinski definition) is 2. The number of anilines is 3. The van der Waals surface area contributed by atoms with Gasteiger partial charge in [-0.05, 0) is 80.7 Å². The van der Waals surface area contributed by atoms with Gasteiger partial charge in [-0.3, -0.25) is 9.59 Å². The molecular weight excluding hydrogens is 456 g/mol. The Bertz CT molecular complexity index is 1200. The van der Waals surface area contributed by atoms with E-state index < -0.39 is 0 Å². The second-order valence-corrected chi connectivity index (χ2v) is 8.71. The Morgan fingerprint density at radius 3 is 2.08 bits per heavy atom. The number of methoxy groups -OCH3 is 2. The number of benzene rings is 3. The van der Waals surface area contributed by atoms with Crippen LogP contribution in [0.4, 0.5) is 17.1 Å². The number of hydrogen-bond acceptors (Lipinski definition) is 6. The standard InChI is InChI=1S/C28H32N4O4/c1-31-16-5-17-32(19-18-31)22-12-8-20(9-13-22)27(33)29-24-6-4-7-25(36-3)26(24)30-28(34)21-10-14-23(35-2)15-11-21/h4,6-15H,5,16-19H2,1-3H3,(H,29,33)(H,30,34). The predicted molar refractivity (Wildman–Crippen MR) is 143 cm³/mol. The summed E-state index contributed by atoms with van der Waals surface area (Å²) < 4.78 is 10.6. The van der Waals surface area contributed by atoms with Crippen LogP contribution in [0.3, 0.4) is 0 Å². The smallest absolute Gasteiger partial charge is 0.255 e. The van der Waals surface area contributed by atoms with Gasteiger partial charge in [-0.25, -0.2) is 0 Å². The fourth-order valence-electron chi connectivity index (χ4n) is 4.19. The summed E-state index contributed by atoms with van der Waals surface area (Å²) in [6, 6.07) is 19.6. The molecule has 0 saturated carbocycles. The van der Waals surface area contributed by atoms with Crippen LogP contribution >= 0.6 is 0 Å². The zero-order chi connectivity index (χ0) is 25.5. The highest BCUT2D eigenvalue weighted by molar-refractivity contribution is 6.11. The van der Waals surface area contributed by atoms with Crippen molar-refractivity contribution in [2.24, 2.45) is 0 Å². The average molecular weight is 489 g/mol. The van der Waals surface area contributed by atoms with E-state index in [0.29, 0.717) is 34.0 Å². The third-order valence-electron chi connectivity index (χ3n) is 6.30. The van der Waals surface area contributed by atoms with Crippen LogP contribution in [0, 0.1) is 0 Å². The normalized spacial score (nSPS) is 14.0. The monoisotopic (exact) mass is 488 g/mol. The molecule has 8 nitrogen and oxygen atoms in total. The van der Waals surface area contributed by atoms with E-state index >= 15 is 0 Å². The molecule has 8 heteroatoms. The molecular formula is C28H32N4O4. The first-order valence-electron chi connectivity index (χ1n) is 12.0. The lowest BCUT2D eigenvalue weighted by atomic mass is 10.1. The molecule has 3 aromatic rings. The second kappa shape index (κ2) is 11.6. The van der Waals surface area contributed by atoms with E-state index in [4.69, 9.17) is 9.47 Å². The molecule has 4 rings (SSSR count). The van der Waals surface area contributed by atoms with Crippen molar-refractivity contribution in [3.63, 3.8) is 0 Å². The molecule has 1 aliphatic rings. The Hall–Kier alpha value is -4.04. The average Bonchev–Trinajstić information content (AvgIpc) is 3.14. The fraction of sp³-hybridized carbons (Fsp3) is 0.286. The number of ether oxygens (including phenoxy) is 2. The van der Waals surface area contributed by atoms with Crippen molar-refractivity contribution in [2.45, 2.75) is 6.42 Å². The number of nitrogens with one attached hydrogen (secondary N) is 2. The van der Waals surface area contributed by atoms with Crippen LogP contribution in [-0.2, 0) is 0 Å². The SMILES string of the molecule is COc1ccc(C(=O)Nc2c(NC(=O)c3ccc(N4CCCN(C)CC4)cc3)cccc2OC)cc1. The van der Waals surface area contributed by atoms with Gasteiger partial charge < -0.3 is 29.9 Å². The third-order valence-corrected chi connectivity index (χ3v) is 6.30. The molecule has 0 spiro atoms.